The van der Waals surface area contributed by atoms with Crippen molar-refractivity contribution in [3.05, 3.63) is 0 Å². The van der Waals surface area contributed by atoms with Crippen LogP contribution in [0.25, 0.3) is 0 Å². The third-order valence-corrected chi connectivity index (χ3v) is 2.84. The van der Waals surface area contributed by atoms with E-state index in [4.69, 9.17) is 24.8 Å². The van der Waals surface area contributed by atoms with Gasteiger partial charge in [-0.3, -0.25) is 0 Å². The van der Waals surface area contributed by atoms with Crippen LogP contribution in [0, 0.1) is 0 Å². The topological polar surface area (TPSA) is 3.24 Å². The van der Waals surface area contributed by atoms with Gasteiger partial charge in [0.25, 0.3) is 0 Å². The third kappa shape index (κ3) is 10.9. The maximum Gasteiger partial charge on any atom is 1.00 e. The van der Waals surface area contributed by atoms with Crippen molar-refractivity contribution in [1.82, 2.24) is 4.90 Å². The number of rotatable bonds is 8. The second kappa shape index (κ2) is 12.7. The van der Waals surface area contributed by atoms with E-state index in [-0.39, 0.29) is 17.1 Å². The Morgan fingerprint density at radius 1 is 1.00 bits per heavy atom. The first kappa shape index (κ1) is 18.0. The van der Waals surface area contributed by atoms with Crippen molar-refractivity contribution in [2.45, 2.75) is 52.4 Å². The second-order valence-corrected chi connectivity index (χ2v) is 4.70. The van der Waals surface area contributed by atoms with Crippen LogP contribution in [0.15, 0.2) is 0 Å². The average Bonchev–Trinajstić information content (AvgIpc) is 2.15. The number of nitrogens with zero attached hydrogens (tertiary/aromatic N) is 1. The van der Waals surface area contributed by atoms with E-state index < -0.39 is 0 Å². The Kier molecular flexibility index (Phi) is 15.2. The minimum absolute atomic E-state index is 0. The van der Waals surface area contributed by atoms with Crippen molar-refractivity contribution in [2.75, 3.05) is 13.1 Å². The fourth-order valence-corrected chi connectivity index (χ4v) is 1.76. The van der Waals surface area contributed by atoms with Gasteiger partial charge in [-0.2, -0.15) is 0 Å². The van der Waals surface area contributed by atoms with Gasteiger partial charge in [0, 0.05) is 13.1 Å². The van der Waals surface area contributed by atoms with E-state index in [0.717, 1.165) is 13.1 Å². The van der Waals surface area contributed by atoms with Crippen LogP contribution in [-0.2, 0) is 29.7 Å². The van der Waals surface area contributed by atoms with E-state index in [1.165, 1.54) is 38.5 Å². The second-order valence-electron chi connectivity index (χ2n) is 3.67. The van der Waals surface area contributed by atoms with Gasteiger partial charge in [0.15, 0.2) is 0 Å². The van der Waals surface area contributed by atoms with Crippen molar-refractivity contribution in [3.8, 4) is 0 Å². The standard InChI is InChI=1S/C11H23NS2.Cu/c1-3-5-7-9-12(11(13)14)10-8-6-4-2;/h3-10H2,1-2H3,(H,13,14);/q;+1/p-1. The van der Waals surface area contributed by atoms with E-state index >= 15 is 0 Å². The summed E-state index contributed by atoms with van der Waals surface area (Å²) >= 11 is 10.1. The zero-order valence-corrected chi connectivity index (χ0v) is 12.3. The summed E-state index contributed by atoms with van der Waals surface area (Å²) in [6.45, 7) is 6.54. The van der Waals surface area contributed by atoms with Crippen molar-refractivity contribution in [3.63, 3.8) is 0 Å². The van der Waals surface area contributed by atoms with Crippen molar-refractivity contribution >= 4 is 29.2 Å². The summed E-state index contributed by atoms with van der Waals surface area (Å²) in [6, 6.07) is 0. The number of unbranched alkanes of at least 4 members (excludes halogenated alkanes) is 4. The molecule has 0 unspecified atom stereocenters. The van der Waals surface area contributed by atoms with Crippen LogP contribution in [0.4, 0.5) is 0 Å². The molecule has 15 heavy (non-hydrogen) atoms. The molecule has 0 fully saturated rings. The molecule has 0 aromatic rings. The Bertz CT molecular complexity index is 144. The molecule has 94 valence electrons. The van der Waals surface area contributed by atoms with Crippen LogP contribution in [0.1, 0.15) is 52.4 Å². The molecule has 0 atom stereocenters. The maximum absolute atomic E-state index is 5.06. The quantitative estimate of drug-likeness (QED) is 0.292. The van der Waals surface area contributed by atoms with Crippen LogP contribution < -0.4 is 0 Å². The van der Waals surface area contributed by atoms with Gasteiger partial charge in [0.05, 0.1) is 0 Å². The Morgan fingerprint density at radius 2 is 1.40 bits per heavy atom. The fourth-order valence-electron chi connectivity index (χ4n) is 1.40. The summed E-state index contributed by atoms with van der Waals surface area (Å²) in [5.74, 6) is 0. The van der Waals surface area contributed by atoms with Crippen LogP contribution >= 0.6 is 12.2 Å². The van der Waals surface area contributed by atoms with Crippen LogP contribution in [0.2, 0.25) is 0 Å². The molecule has 0 radical (unpaired) electrons. The Hall–Kier alpha value is 0.629. The normalized spacial score (nSPS) is 9.47. The first-order chi connectivity index (χ1) is 6.72. The predicted molar refractivity (Wildman–Crippen MR) is 70.6 cm³/mol. The third-order valence-electron chi connectivity index (χ3n) is 2.32. The summed E-state index contributed by atoms with van der Waals surface area (Å²) in [7, 11) is 0. The van der Waals surface area contributed by atoms with Gasteiger partial charge in [-0.1, -0.05) is 43.9 Å². The van der Waals surface area contributed by atoms with Crippen LogP contribution in [0.5, 0.6) is 0 Å². The summed E-state index contributed by atoms with van der Waals surface area (Å²) in [5, 5.41) is 0. The molecule has 0 saturated carbocycles. The number of hydrogen-bond donors (Lipinski definition) is 0. The molecule has 0 saturated heterocycles. The summed E-state index contributed by atoms with van der Waals surface area (Å²) in [6.07, 6.45) is 7.52. The molecule has 0 aliphatic rings. The summed E-state index contributed by atoms with van der Waals surface area (Å²) in [4.78, 5) is 2.18. The van der Waals surface area contributed by atoms with E-state index in [0.29, 0.717) is 4.32 Å². The largest absolute Gasteiger partial charge is 1.00 e. The van der Waals surface area contributed by atoms with Crippen LogP contribution in [-0.4, -0.2) is 22.3 Å². The molecule has 0 heterocycles. The number of thiocarbonyl (C=S) groups is 1. The van der Waals surface area contributed by atoms with Gasteiger partial charge in [-0.05, 0) is 12.8 Å². The minimum Gasteiger partial charge on any atom is -0.411 e. The van der Waals surface area contributed by atoms with Crippen molar-refractivity contribution in [2.24, 2.45) is 0 Å². The summed E-state index contributed by atoms with van der Waals surface area (Å²) in [5.41, 5.74) is 0. The Balaban J connectivity index is 0. The molecular formula is C11H22CuNS2. The van der Waals surface area contributed by atoms with Gasteiger partial charge >= 0.3 is 17.1 Å². The van der Waals surface area contributed by atoms with E-state index in [9.17, 15) is 0 Å². The Morgan fingerprint density at radius 3 is 1.67 bits per heavy atom. The van der Waals surface area contributed by atoms with E-state index in [1.54, 1.807) is 0 Å². The molecule has 0 aromatic carbocycles. The maximum atomic E-state index is 5.06. The summed E-state index contributed by atoms with van der Waals surface area (Å²) < 4.78 is 0.650. The van der Waals surface area contributed by atoms with Gasteiger partial charge in [-0.25, -0.2) is 0 Å². The molecular weight excluding hydrogens is 274 g/mol. The zero-order chi connectivity index (χ0) is 10.8. The smallest absolute Gasteiger partial charge is 0.411 e. The molecule has 0 N–H and O–H groups in total. The monoisotopic (exact) mass is 295 g/mol. The minimum atomic E-state index is 0. The molecule has 0 spiro atoms. The van der Waals surface area contributed by atoms with Crippen molar-refractivity contribution in [1.29, 1.82) is 0 Å². The molecule has 0 aliphatic carbocycles. The van der Waals surface area contributed by atoms with E-state index in [1.807, 2.05) is 0 Å². The van der Waals surface area contributed by atoms with Crippen LogP contribution in [0.3, 0.4) is 0 Å². The first-order valence-electron chi connectivity index (χ1n) is 5.68. The van der Waals surface area contributed by atoms with Gasteiger partial charge in [-0.15, -0.1) is 0 Å². The predicted octanol–water partition coefficient (Wildman–Crippen LogP) is 3.50. The van der Waals surface area contributed by atoms with Gasteiger partial charge in [0.2, 0.25) is 0 Å². The van der Waals surface area contributed by atoms with Gasteiger partial charge < -0.3 is 29.7 Å². The molecule has 0 bridgehead atoms. The molecule has 0 aromatic heterocycles. The SMILES string of the molecule is CCCCCN(CCCCC)C(=S)[S-].[Cu+]. The molecule has 4 heteroatoms. The zero-order valence-electron chi connectivity index (χ0n) is 9.72. The molecule has 1 nitrogen and oxygen atoms in total. The first-order valence-corrected chi connectivity index (χ1v) is 6.50. The van der Waals surface area contributed by atoms with Crippen molar-refractivity contribution < 1.29 is 17.1 Å². The number of hydrogen-bond acceptors (Lipinski definition) is 2. The average molecular weight is 296 g/mol. The Labute approximate surface area is 116 Å². The fraction of sp³-hybridized carbons (Fsp3) is 0.909. The van der Waals surface area contributed by atoms with E-state index in [2.05, 4.69) is 18.7 Å². The molecule has 0 rings (SSSR count). The molecule has 0 amide bonds. The van der Waals surface area contributed by atoms with Gasteiger partial charge in [0.1, 0.15) is 0 Å². The molecule has 0 aliphatic heterocycles.